The molecule has 0 saturated carbocycles. The molecule has 2 N–H and O–H groups in total. The van der Waals surface area contributed by atoms with E-state index in [4.69, 9.17) is 21.6 Å². The summed E-state index contributed by atoms with van der Waals surface area (Å²) in [7, 11) is 1.74. The van der Waals surface area contributed by atoms with Crippen LogP contribution in [0.1, 0.15) is 32.1 Å². The average molecular weight is 211 g/mol. The molecule has 0 aromatic rings. The van der Waals surface area contributed by atoms with Gasteiger partial charge in [0.25, 0.3) is 0 Å². The number of unbranched alkanes of at least 4 members (excludes halogenated alkanes) is 1. The predicted octanol–water partition coefficient (Wildman–Crippen LogP) is 1.31. The van der Waals surface area contributed by atoms with Crippen LogP contribution in [0.15, 0.2) is 0 Å². The Morgan fingerprint density at radius 2 is 2.20 bits per heavy atom. The summed E-state index contributed by atoms with van der Waals surface area (Å²) in [6.45, 7) is 1.49. The second-order valence-corrected chi connectivity index (χ2v) is 4.08. The van der Waals surface area contributed by atoms with Crippen LogP contribution < -0.4 is 5.73 Å². The molecule has 86 valence electrons. The highest BCUT2D eigenvalue weighted by atomic mass is 16.5. The van der Waals surface area contributed by atoms with E-state index in [-0.39, 0.29) is 11.6 Å². The molecule has 3 heteroatoms. The molecule has 0 aromatic carbocycles. The Bertz CT molecular complexity index is 216. The molecular weight excluding hydrogens is 190 g/mol. The van der Waals surface area contributed by atoms with Crippen molar-refractivity contribution in [2.45, 2.75) is 43.7 Å². The van der Waals surface area contributed by atoms with E-state index in [0.29, 0.717) is 0 Å². The van der Waals surface area contributed by atoms with Crippen LogP contribution in [0.4, 0.5) is 0 Å². The number of hydrogen-bond donors (Lipinski definition) is 1. The fourth-order valence-corrected chi connectivity index (χ4v) is 2.13. The van der Waals surface area contributed by atoms with Crippen molar-refractivity contribution >= 4 is 0 Å². The smallest absolute Gasteiger partial charge is 0.0872 e. The Labute approximate surface area is 92.3 Å². The van der Waals surface area contributed by atoms with Gasteiger partial charge in [0.2, 0.25) is 0 Å². The summed E-state index contributed by atoms with van der Waals surface area (Å²) >= 11 is 0. The molecule has 0 aliphatic carbocycles. The lowest BCUT2D eigenvalue weighted by molar-refractivity contribution is -0.105. The Balaban J connectivity index is 2.45. The first-order valence-electron chi connectivity index (χ1n) is 5.57. The van der Waals surface area contributed by atoms with E-state index in [0.717, 1.165) is 45.3 Å². The second kappa shape index (κ2) is 6.12. The van der Waals surface area contributed by atoms with Crippen LogP contribution in [-0.4, -0.2) is 32.0 Å². The maximum atomic E-state index is 6.19. The number of rotatable bonds is 5. The highest BCUT2D eigenvalue weighted by Crippen LogP contribution is 2.29. The Hall–Kier alpha value is -0.560. The standard InChI is InChI=1S/C12H21NO2/c1-3-4-5-6-11(13)12(14-2)7-9-15-10-8-12/h1,11H,4-10,13H2,2H3. The SMILES string of the molecule is C#CCCCC(N)C1(OC)CCOCC1. The number of hydrogen-bond acceptors (Lipinski definition) is 3. The normalized spacial score (nSPS) is 21.9. The molecule has 1 unspecified atom stereocenters. The van der Waals surface area contributed by atoms with Gasteiger partial charge >= 0.3 is 0 Å². The van der Waals surface area contributed by atoms with Gasteiger partial charge in [0.1, 0.15) is 0 Å². The fourth-order valence-electron chi connectivity index (χ4n) is 2.13. The van der Waals surface area contributed by atoms with Gasteiger partial charge in [0.15, 0.2) is 0 Å². The van der Waals surface area contributed by atoms with E-state index in [1.165, 1.54) is 0 Å². The van der Waals surface area contributed by atoms with Gasteiger partial charge in [0, 0.05) is 45.6 Å². The van der Waals surface area contributed by atoms with Crippen molar-refractivity contribution in [3.05, 3.63) is 0 Å². The monoisotopic (exact) mass is 211 g/mol. The second-order valence-electron chi connectivity index (χ2n) is 4.08. The minimum atomic E-state index is -0.188. The maximum Gasteiger partial charge on any atom is 0.0872 e. The van der Waals surface area contributed by atoms with Crippen LogP contribution in [0.2, 0.25) is 0 Å². The lowest BCUT2D eigenvalue weighted by Crippen LogP contribution is -2.52. The first-order chi connectivity index (χ1) is 7.25. The van der Waals surface area contributed by atoms with Crippen LogP contribution >= 0.6 is 0 Å². The summed E-state index contributed by atoms with van der Waals surface area (Å²) in [5.74, 6) is 2.64. The van der Waals surface area contributed by atoms with Gasteiger partial charge in [-0.2, -0.15) is 0 Å². The highest BCUT2D eigenvalue weighted by Gasteiger charge is 2.38. The molecule has 0 amide bonds. The summed E-state index contributed by atoms with van der Waals surface area (Å²) in [5.41, 5.74) is 6.00. The van der Waals surface area contributed by atoms with Gasteiger partial charge in [-0.25, -0.2) is 0 Å². The summed E-state index contributed by atoms with van der Waals surface area (Å²) in [6, 6.07) is 0.0692. The molecule has 0 aromatic heterocycles. The zero-order valence-corrected chi connectivity index (χ0v) is 9.50. The van der Waals surface area contributed by atoms with E-state index in [2.05, 4.69) is 5.92 Å². The van der Waals surface area contributed by atoms with Gasteiger partial charge in [0.05, 0.1) is 5.60 Å². The molecule has 1 aliphatic rings. The van der Waals surface area contributed by atoms with Crippen molar-refractivity contribution in [2.24, 2.45) is 5.73 Å². The topological polar surface area (TPSA) is 44.5 Å². The third-order valence-electron chi connectivity index (χ3n) is 3.26. The third kappa shape index (κ3) is 3.20. The lowest BCUT2D eigenvalue weighted by atomic mass is 9.84. The molecule has 3 nitrogen and oxygen atoms in total. The first-order valence-corrected chi connectivity index (χ1v) is 5.57. The third-order valence-corrected chi connectivity index (χ3v) is 3.26. The van der Waals surface area contributed by atoms with Gasteiger partial charge < -0.3 is 15.2 Å². The minimum Gasteiger partial charge on any atom is -0.381 e. The number of ether oxygens (including phenoxy) is 2. The Morgan fingerprint density at radius 3 is 2.73 bits per heavy atom. The van der Waals surface area contributed by atoms with Crippen molar-refractivity contribution in [1.29, 1.82) is 0 Å². The molecule has 1 rings (SSSR count). The van der Waals surface area contributed by atoms with Crippen molar-refractivity contribution < 1.29 is 9.47 Å². The largest absolute Gasteiger partial charge is 0.381 e. The number of terminal acetylenes is 1. The summed E-state index contributed by atoms with van der Waals surface area (Å²) in [5, 5.41) is 0. The molecule has 1 aliphatic heterocycles. The van der Waals surface area contributed by atoms with Gasteiger partial charge in [-0.15, -0.1) is 12.3 Å². The van der Waals surface area contributed by atoms with Gasteiger partial charge in [-0.05, 0) is 12.8 Å². The molecule has 1 fully saturated rings. The quantitative estimate of drug-likeness (QED) is 0.551. The lowest BCUT2D eigenvalue weighted by Gasteiger charge is -2.40. The molecule has 1 heterocycles. The summed E-state index contributed by atoms with van der Waals surface area (Å²) in [4.78, 5) is 0. The van der Waals surface area contributed by atoms with Crippen LogP contribution in [0.5, 0.6) is 0 Å². The zero-order valence-electron chi connectivity index (χ0n) is 9.50. The van der Waals surface area contributed by atoms with E-state index in [1.54, 1.807) is 7.11 Å². The summed E-state index contributed by atoms with van der Waals surface area (Å²) < 4.78 is 10.9. The van der Waals surface area contributed by atoms with Crippen LogP contribution in [0, 0.1) is 12.3 Å². The predicted molar refractivity (Wildman–Crippen MR) is 60.5 cm³/mol. The first kappa shape index (κ1) is 12.5. The molecule has 1 atom stereocenters. The van der Waals surface area contributed by atoms with Crippen LogP contribution in [0.25, 0.3) is 0 Å². The van der Waals surface area contributed by atoms with Crippen LogP contribution in [-0.2, 0) is 9.47 Å². The highest BCUT2D eigenvalue weighted by molar-refractivity contribution is 4.94. The van der Waals surface area contributed by atoms with E-state index >= 15 is 0 Å². The molecule has 0 radical (unpaired) electrons. The van der Waals surface area contributed by atoms with E-state index < -0.39 is 0 Å². The molecule has 1 saturated heterocycles. The maximum absolute atomic E-state index is 6.19. The Kier molecular flexibility index (Phi) is 5.10. The molecular formula is C12H21NO2. The zero-order chi connectivity index (χ0) is 11.1. The van der Waals surface area contributed by atoms with Crippen molar-refractivity contribution in [2.75, 3.05) is 20.3 Å². The van der Waals surface area contributed by atoms with Gasteiger partial charge in [-0.1, -0.05) is 0 Å². The molecule has 0 bridgehead atoms. The number of nitrogens with two attached hydrogens (primary N) is 1. The molecule has 15 heavy (non-hydrogen) atoms. The fraction of sp³-hybridized carbons (Fsp3) is 0.833. The van der Waals surface area contributed by atoms with Crippen molar-refractivity contribution in [1.82, 2.24) is 0 Å². The van der Waals surface area contributed by atoms with Crippen LogP contribution in [0.3, 0.4) is 0 Å². The summed E-state index contributed by atoms with van der Waals surface area (Å²) in [6.07, 6.45) is 9.70. The van der Waals surface area contributed by atoms with Gasteiger partial charge in [-0.3, -0.25) is 0 Å². The number of methoxy groups -OCH3 is 1. The minimum absolute atomic E-state index is 0.0692. The average Bonchev–Trinajstić information content (AvgIpc) is 2.30. The van der Waals surface area contributed by atoms with E-state index in [1.807, 2.05) is 0 Å². The van der Waals surface area contributed by atoms with Crippen molar-refractivity contribution in [3.63, 3.8) is 0 Å². The Morgan fingerprint density at radius 1 is 1.53 bits per heavy atom. The molecule has 0 spiro atoms. The van der Waals surface area contributed by atoms with Crippen molar-refractivity contribution in [3.8, 4) is 12.3 Å². The van der Waals surface area contributed by atoms with E-state index in [9.17, 15) is 0 Å².